The molecule has 0 radical (unpaired) electrons. The summed E-state index contributed by atoms with van der Waals surface area (Å²) in [5, 5.41) is 13.4. The number of rotatable bonds is 4. The molecule has 6 nitrogen and oxygen atoms in total. The van der Waals surface area contributed by atoms with Gasteiger partial charge < -0.3 is 10.1 Å². The van der Waals surface area contributed by atoms with Gasteiger partial charge in [0.15, 0.2) is 5.75 Å². The van der Waals surface area contributed by atoms with Crippen molar-refractivity contribution in [1.82, 2.24) is 5.32 Å². The summed E-state index contributed by atoms with van der Waals surface area (Å²) in [7, 11) is 1.38. The van der Waals surface area contributed by atoms with Gasteiger partial charge >= 0.3 is 5.69 Å². The molecule has 1 N–H and O–H groups in total. The minimum atomic E-state index is -0.513. The van der Waals surface area contributed by atoms with Crippen LogP contribution in [-0.4, -0.2) is 24.5 Å². The van der Waals surface area contributed by atoms with Crippen molar-refractivity contribution >= 4 is 11.6 Å². The van der Waals surface area contributed by atoms with Gasteiger partial charge in [0.1, 0.15) is 0 Å². The van der Waals surface area contributed by atoms with E-state index in [1.54, 1.807) is 6.07 Å². The molecule has 19 heavy (non-hydrogen) atoms. The molecule has 0 aliphatic heterocycles. The number of hydrogen-bond donors (Lipinski definition) is 1. The van der Waals surface area contributed by atoms with Crippen LogP contribution in [-0.2, 0) is 4.79 Å². The van der Waals surface area contributed by atoms with Crippen LogP contribution in [0.3, 0.4) is 0 Å². The van der Waals surface area contributed by atoms with Crippen LogP contribution in [0, 0.1) is 22.0 Å². The number of carbonyl (C=O) groups is 1. The Balaban J connectivity index is 2.74. The number of methoxy groups -OCH3 is 1. The summed E-state index contributed by atoms with van der Waals surface area (Å²) in [5.41, 5.74) is 0.423. The molecule has 0 aliphatic rings. The molecule has 0 heterocycles. The van der Waals surface area contributed by atoms with E-state index in [0.29, 0.717) is 18.5 Å². The lowest BCUT2D eigenvalue weighted by Gasteiger charge is -2.01. The van der Waals surface area contributed by atoms with Crippen molar-refractivity contribution in [2.24, 2.45) is 0 Å². The summed E-state index contributed by atoms with van der Waals surface area (Å²) in [5.74, 6) is 5.73. The SMILES string of the molecule is COc1ccc(C#CCCNC(C)=O)cc1[N+](=O)[O-]. The number of nitro benzene ring substituents is 1. The Morgan fingerprint density at radius 1 is 1.53 bits per heavy atom. The molecule has 1 amide bonds. The number of nitrogens with zero attached hydrogens (tertiary/aromatic N) is 1. The second kappa shape index (κ2) is 7.01. The summed E-state index contributed by atoms with van der Waals surface area (Å²) < 4.78 is 4.89. The Bertz CT molecular complexity index is 543. The predicted molar refractivity (Wildman–Crippen MR) is 69.8 cm³/mol. The maximum atomic E-state index is 10.8. The molecule has 0 spiro atoms. The molecule has 1 rings (SSSR count). The third-order valence-corrected chi connectivity index (χ3v) is 2.23. The number of benzene rings is 1. The highest BCUT2D eigenvalue weighted by Crippen LogP contribution is 2.26. The van der Waals surface area contributed by atoms with Crippen molar-refractivity contribution in [1.29, 1.82) is 0 Å². The van der Waals surface area contributed by atoms with Crippen molar-refractivity contribution in [2.45, 2.75) is 13.3 Å². The van der Waals surface area contributed by atoms with Crippen LogP contribution in [0.4, 0.5) is 5.69 Å². The summed E-state index contributed by atoms with van der Waals surface area (Å²) >= 11 is 0. The Morgan fingerprint density at radius 2 is 2.26 bits per heavy atom. The van der Waals surface area contributed by atoms with E-state index < -0.39 is 4.92 Å². The zero-order valence-electron chi connectivity index (χ0n) is 10.7. The first-order valence-corrected chi connectivity index (χ1v) is 5.60. The van der Waals surface area contributed by atoms with Crippen LogP contribution in [0.25, 0.3) is 0 Å². The fourth-order valence-corrected chi connectivity index (χ4v) is 1.38. The van der Waals surface area contributed by atoms with Gasteiger partial charge in [-0.1, -0.05) is 11.8 Å². The Labute approximate surface area is 110 Å². The standard InChI is InChI=1S/C13H14N2O4/c1-10(16)14-8-4-3-5-11-6-7-13(19-2)12(9-11)15(17)18/h6-7,9H,4,8H2,1-2H3,(H,14,16). The van der Waals surface area contributed by atoms with E-state index in [-0.39, 0.29) is 17.3 Å². The molecule has 1 aromatic rings. The molecule has 0 saturated carbocycles. The normalized spacial score (nSPS) is 9.16. The first-order chi connectivity index (χ1) is 9.04. The third-order valence-electron chi connectivity index (χ3n) is 2.23. The van der Waals surface area contributed by atoms with Crippen LogP contribution < -0.4 is 10.1 Å². The average molecular weight is 262 g/mol. The lowest BCUT2D eigenvalue weighted by molar-refractivity contribution is -0.385. The quantitative estimate of drug-likeness (QED) is 0.385. The van der Waals surface area contributed by atoms with Gasteiger partial charge in [-0.3, -0.25) is 14.9 Å². The number of carbonyl (C=O) groups excluding carboxylic acids is 1. The second-order valence-electron chi connectivity index (χ2n) is 3.68. The Kier molecular flexibility index (Phi) is 5.35. The summed E-state index contributed by atoms with van der Waals surface area (Å²) in [4.78, 5) is 20.9. The zero-order valence-corrected chi connectivity index (χ0v) is 10.7. The fourth-order valence-electron chi connectivity index (χ4n) is 1.38. The van der Waals surface area contributed by atoms with Crippen molar-refractivity contribution in [3.05, 3.63) is 33.9 Å². The molecule has 0 bridgehead atoms. The van der Waals surface area contributed by atoms with E-state index in [0.717, 1.165) is 0 Å². The van der Waals surface area contributed by atoms with E-state index in [4.69, 9.17) is 4.74 Å². The molecular formula is C13H14N2O4. The van der Waals surface area contributed by atoms with Crippen LogP contribution in [0.1, 0.15) is 18.9 Å². The van der Waals surface area contributed by atoms with Crippen molar-refractivity contribution < 1.29 is 14.5 Å². The van der Waals surface area contributed by atoms with E-state index in [1.807, 2.05) is 0 Å². The molecule has 100 valence electrons. The van der Waals surface area contributed by atoms with Crippen molar-refractivity contribution in [3.63, 3.8) is 0 Å². The van der Waals surface area contributed by atoms with Crippen LogP contribution in [0.5, 0.6) is 5.75 Å². The summed E-state index contributed by atoms with van der Waals surface area (Å²) in [6.07, 6.45) is 0.486. The predicted octanol–water partition coefficient (Wildman–Crippen LogP) is 1.48. The molecule has 1 aromatic carbocycles. The number of hydrogen-bond acceptors (Lipinski definition) is 4. The molecule has 0 aliphatic carbocycles. The third kappa shape index (κ3) is 4.68. The summed E-state index contributed by atoms with van der Waals surface area (Å²) in [6.45, 7) is 1.89. The molecular weight excluding hydrogens is 248 g/mol. The number of ether oxygens (including phenoxy) is 1. The number of nitro groups is 1. The smallest absolute Gasteiger partial charge is 0.312 e. The lowest BCUT2D eigenvalue weighted by atomic mass is 10.2. The molecule has 0 fully saturated rings. The Morgan fingerprint density at radius 3 is 2.84 bits per heavy atom. The lowest BCUT2D eigenvalue weighted by Crippen LogP contribution is -2.20. The van der Waals surface area contributed by atoms with E-state index in [9.17, 15) is 14.9 Å². The van der Waals surface area contributed by atoms with Gasteiger partial charge in [-0.05, 0) is 12.1 Å². The largest absolute Gasteiger partial charge is 0.490 e. The van der Waals surface area contributed by atoms with Crippen LogP contribution in [0.15, 0.2) is 18.2 Å². The summed E-state index contributed by atoms with van der Waals surface area (Å²) in [6, 6.07) is 4.53. The van der Waals surface area contributed by atoms with Crippen LogP contribution >= 0.6 is 0 Å². The zero-order chi connectivity index (χ0) is 14.3. The van der Waals surface area contributed by atoms with Crippen molar-refractivity contribution in [3.8, 4) is 17.6 Å². The van der Waals surface area contributed by atoms with Gasteiger partial charge in [-0.25, -0.2) is 0 Å². The first-order valence-electron chi connectivity index (χ1n) is 5.60. The number of amides is 1. The van der Waals surface area contributed by atoms with Gasteiger partial charge in [-0.15, -0.1) is 0 Å². The van der Waals surface area contributed by atoms with E-state index >= 15 is 0 Å². The fraction of sp³-hybridized carbons (Fsp3) is 0.308. The molecule has 0 saturated heterocycles. The highest BCUT2D eigenvalue weighted by Gasteiger charge is 2.14. The van der Waals surface area contributed by atoms with Crippen molar-refractivity contribution in [2.75, 3.05) is 13.7 Å². The highest BCUT2D eigenvalue weighted by atomic mass is 16.6. The molecule has 0 atom stereocenters. The van der Waals surface area contributed by atoms with Gasteiger partial charge in [0.05, 0.1) is 12.0 Å². The van der Waals surface area contributed by atoms with Crippen LogP contribution in [0.2, 0.25) is 0 Å². The molecule has 0 unspecified atom stereocenters. The average Bonchev–Trinajstić information content (AvgIpc) is 2.37. The van der Waals surface area contributed by atoms with E-state index in [1.165, 1.54) is 26.2 Å². The first kappa shape index (κ1) is 14.5. The Hall–Kier alpha value is -2.55. The van der Waals surface area contributed by atoms with Gasteiger partial charge in [0.2, 0.25) is 5.91 Å². The topological polar surface area (TPSA) is 81.5 Å². The highest BCUT2D eigenvalue weighted by molar-refractivity contribution is 5.72. The minimum Gasteiger partial charge on any atom is -0.490 e. The minimum absolute atomic E-state index is 0.109. The number of nitrogens with one attached hydrogen (secondary N) is 1. The van der Waals surface area contributed by atoms with E-state index in [2.05, 4.69) is 17.2 Å². The van der Waals surface area contributed by atoms with Gasteiger partial charge in [0.25, 0.3) is 0 Å². The molecule has 0 aromatic heterocycles. The molecule has 6 heteroatoms. The monoisotopic (exact) mass is 262 g/mol. The maximum Gasteiger partial charge on any atom is 0.312 e. The van der Waals surface area contributed by atoms with Gasteiger partial charge in [0, 0.05) is 31.5 Å². The van der Waals surface area contributed by atoms with Gasteiger partial charge in [-0.2, -0.15) is 0 Å². The maximum absolute atomic E-state index is 10.8. The second-order valence-corrected chi connectivity index (χ2v) is 3.68.